The monoisotopic (exact) mass is 1850 g/mol. The van der Waals surface area contributed by atoms with Crippen LogP contribution >= 0.6 is 0 Å². The first-order chi connectivity index (χ1) is 71.9. The van der Waals surface area contributed by atoms with Crippen LogP contribution in [-0.4, -0.2) is 13.7 Å². The van der Waals surface area contributed by atoms with Gasteiger partial charge in [-0.05, 0) is 302 Å². The fourth-order valence-electron chi connectivity index (χ4n) is 23.4. The number of nitrogens with zero attached hydrogens (tertiary/aromatic N) is 6. The molecule has 0 saturated heterocycles. The number of anilines is 9. The molecule has 0 unspecified atom stereocenters. The van der Waals surface area contributed by atoms with Gasteiger partial charge in [-0.3, -0.25) is 0 Å². The Bertz CT molecular complexity index is 9700. The van der Waals surface area contributed by atoms with E-state index >= 15 is 0 Å². The van der Waals surface area contributed by atoms with E-state index in [0.717, 1.165) is 150 Å². The second-order valence-electron chi connectivity index (χ2n) is 37.7. The van der Waals surface area contributed by atoms with Gasteiger partial charge in [0.2, 0.25) is 0 Å². The van der Waals surface area contributed by atoms with Gasteiger partial charge >= 0.3 is 0 Å². The number of para-hydroxylation sites is 10. The van der Waals surface area contributed by atoms with Crippen molar-refractivity contribution in [1.29, 1.82) is 0 Å². The van der Waals surface area contributed by atoms with Crippen LogP contribution in [-0.2, 0) is 5.41 Å². The van der Waals surface area contributed by atoms with E-state index in [2.05, 4.69) is 562 Å². The van der Waals surface area contributed by atoms with Gasteiger partial charge in [0.15, 0.2) is 0 Å². The first-order valence-corrected chi connectivity index (χ1v) is 49.7. The molecule has 680 valence electrons. The molecule has 2 aliphatic carbocycles. The lowest BCUT2D eigenvalue weighted by Crippen LogP contribution is -2.25. The zero-order chi connectivity index (χ0) is 95.6. The number of hydrogen-bond donors (Lipinski definition) is 0. The zero-order valence-corrected chi connectivity index (χ0v) is 79.0. The summed E-state index contributed by atoms with van der Waals surface area (Å²) in [6.07, 6.45) is 0. The highest BCUT2D eigenvalue weighted by Gasteiger charge is 2.52. The van der Waals surface area contributed by atoms with Gasteiger partial charge in [0.1, 0.15) is 22.3 Å². The van der Waals surface area contributed by atoms with E-state index in [4.69, 9.17) is 8.83 Å². The zero-order valence-electron chi connectivity index (χ0n) is 79.0. The van der Waals surface area contributed by atoms with Crippen molar-refractivity contribution >= 4 is 171 Å². The Balaban J connectivity index is 0.000000107. The molecule has 0 saturated carbocycles. The van der Waals surface area contributed by atoms with Crippen LogP contribution in [0, 0.1) is 0 Å². The van der Waals surface area contributed by atoms with E-state index in [1.165, 1.54) is 105 Å². The van der Waals surface area contributed by atoms with Crippen molar-refractivity contribution in [2.24, 2.45) is 0 Å². The van der Waals surface area contributed by atoms with Crippen molar-refractivity contribution in [2.75, 3.05) is 14.7 Å². The van der Waals surface area contributed by atoms with E-state index in [1.54, 1.807) is 0 Å². The molecule has 0 fully saturated rings. The standard InChI is InChI=1S/C55H36N2.C42H28N2O.C40H26N2O/c1-4-16-39(17-5-1)56(40-18-6-2-7-19-40)42-31-28-37(29-32-42)38-30-33-53-47(34-38)48-35-46-45-24-12-15-27-51(45)55(52(46)36-54(48)57(53)41-20-8-3-9-21-41)49-25-13-10-22-43(49)44-23-11-14-26-50(44)55;1-4-12-31(13-5-1)43(32-14-6-2-7-15-32)34-23-20-29(21-24-34)30-22-26-38-37(28-30)41-39(44(38)33-16-8-3-9-17-33)27-25-36-35-18-10-11-19-40(35)45-42(36)41;1-3-13-29(14-4-1)41(30-15-5-2-6-16-30)32-21-23-36-35(26-32)39-37(24-22-34-33-17-9-10-18-38(33)43-40(34)39)42(36)31-20-19-27-11-7-8-12-28(27)25-31/h1-36H;1-28H;1-26H. The molecule has 8 heteroatoms. The van der Waals surface area contributed by atoms with Gasteiger partial charge < -0.3 is 37.2 Å². The summed E-state index contributed by atoms with van der Waals surface area (Å²) >= 11 is 0. The molecule has 23 aromatic carbocycles. The molecule has 1 spiro atoms. The lowest BCUT2D eigenvalue weighted by molar-refractivity contribution is 0.672. The van der Waals surface area contributed by atoms with E-state index < -0.39 is 5.41 Å². The minimum atomic E-state index is -0.397. The Morgan fingerprint density at radius 1 is 0.166 bits per heavy atom. The molecule has 8 nitrogen and oxygen atoms in total. The Kier molecular flexibility index (Phi) is 20.0. The third kappa shape index (κ3) is 13.8. The van der Waals surface area contributed by atoms with Gasteiger partial charge in [-0.2, -0.15) is 0 Å². The Hall–Kier alpha value is -19.3. The lowest BCUT2D eigenvalue weighted by Gasteiger charge is -2.30. The van der Waals surface area contributed by atoms with E-state index in [0.29, 0.717) is 0 Å². The fraction of sp³-hybridized carbons (Fsp3) is 0.00730. The summed E-state index contributed by atoms with van der Waals surface area (Å²) < 4.78 is 20.4. The quantitative estimate of drug-likeness (QED) is 0.109. The molecule has 0 aliphatic heterocycles. The Morgan fingerprint density at radius 2 is 0.483 bits per heavy atom. The molecule has 0 bridgehead atoms. The molecule has 0 atom stereocenters. The van der Waals surface area contributed by atoms with Crippen LogP contribution in [0.1, 0.15) is 22.3 Å². The first kappa shape index (κ1) is 83.8. The topological polar surface area (TPSA) is 50.8 Å². The van der Waals surface area contributed by atoms with Crippen LogP contribution in [0.3, 0.4) is 0 Å². The van der Waals surface area contributed by atoms with Crippen LogP contribution in [0.15, 0.2) is 555 Å². The van der Waals surface area contributed by atoms with E-state index in [-0.39, 0.29) is 0 Å². The van der Waals surface area contributed by atoms with Gasteiger partial charge in [0.05, 0.1) is 49.3 Å². The Labute approximate surface area is 837 Å². The predicted molar refractivity (Wildman–Crippen MR) is 606 cm³/mol. The first-order valence-electron chi connectivity index (χ1n) is 49.7. The van der Waals surface area contributed by atoms with Gasteiger partial charge in [0.25, 0.3) is 0 Å². The van der Waals surface area contributed by atoms with Crippen molar-refractivity contribution in [3.8, 4) is 61.6 Å². The van der Waals surface area contributed by atoms with Crippen LogP contribution < -0.4 is 14.7 Å². The van der Waals surface area contributed by atoms with Crippen LogP contribution in [0.4, 0.5) is 51.2 Å². The summed E-state index contributed by atoms with van der Waals surface area (Å²) in [5.74, 6) is 0. The van der Waals surface area contributed by atoms with Crippen LogP contribution in [0.5, 0.6) is 0 Å². The highest BCUT2D eigenvalue weighted by atomic mass is 16.3. The maximum atomic E-state index is 6.64. The summed E-state index contributed by atoms with van der Waals surface area (Å²) in [6.45, 7) is 0. The molecular weight excluding hydrogens is 1760 g/mol. The van der Waals surface area contributed by atoms with Crippen molar-refractivity contribution in [1.82, 2.24) is 13.7 Å². The summed E-state index contributed by atoms with van der Waals surface area (Å²) in [5, 5.41) is 14.1. The second kappa shape index (κ2) is 34.7. The molecule has 5 aromatic heterocycles. The van der Waals surface area contributed by atoms with Crippen molar-refractivity contribution in [3.05, 3.63) is 568 Å². The molecule has 2 aliphatic rings. The van der Waals surface area contributed by atoms with Gasteiger partial charge in [-0.1, -0.05) is 322 Å². The summed E-state index contributed by atoms with van der Waals surface area (Å²) in [4.78, 5) is 6.92. The number of aromatic nitrogens is 3. The summed E-state index contributed by atoms with van der Waals surface area (Å²) in [6, 6.07) is 196. The molecule has 145 heavy (non-hydrogen) atoms. The lowest BCUT2D eigenvalue weighted by atomic mass is 9.70. The number of fused-ring (bicyclic) bond motifs is 28. The molecular formula is C137H90N6O2. The van der Waals surface area contributed by atoms with Crippen LogP contribution in [0.2, 0.25) is 0 Å². The van der Waals surface area contributed by atoms with Crippen molar-refractivity contribution < 1.29 is 8.83 Å². The number of hydrogen-bond acceptors (Lipinski definition) is 5. The Morgan fingerprint density at radius 3 is 0.938 bits per heavy atom. The third-order valence-corrected chi connectivity index (χ3v) is 29.7. The summed E-state index contributed by atoms with van der Waals surface area (Å²) in [5.41, 5.74) is 39.2. The molecule has 30 rings (SSSR count). The van der Waals surface area contributed by atoms with Gasteiger partial charge in [0, 0.05) is 111 Å². The van der Waals surface area contributed by atoms with Crippen molar-refractivity contribution in [2.45, 2.75) is 5.41 Å². The molecule has 0 radical (unpaired) electrons. The average molecular weight is 1850 g/mol. The molecule has 28 aromatic rings. The summed E-state index contributed by atoms with van der Waals surface area (Å²) in [7, 11) is 0. The number of rotatable bonds is 14. The van der Waals surface area contributed by atoms with Gasteiger partial charge in [-0.25, -0.2) is 0 Å². The molecule has 0 N–H and O–H groups in total. The number of furan rings is 2. The highest BCUT2D eigenvalue weighted by Crippen LogP contribution is 2.64. The SMILES string of the molecule is c1ccc(N(c2ccccc2)c2ccc(-c3ccc4c(c3)c3c5oc6ccccc6c5ccc3n4-c3ccccc3)cc2)cc1.c1ccc(N(c2ccccc2)c2ccc(-c3ccc4c(c3)c3cc5c(cc3n4-c3ccccc3)C3(c4ccccc4-c4ccccc43)c3ccccc3-5)cc2)cc1.c1ccc(N(c2ccccc2)c2ccc3c(c2)c2c4oc5ccccc5c4ccc2n3-c2ccc3ccccc3c2)cc1. The fourth-order valence-corrected chi connectivity index (χ4v) is 23.4. The highest BCUT2D eigenvalue weighted by molar-refractivity contribution is 6.26. The molecule has 5 heterocycles. The molecule has 0 amide bonds. The maximum Gasteiger partial charge on any atom is 0.145 e. The van der Waals surface area contributed by atoms with Gasteiger partial charge in [-0.15, -0.1) is 0 Å². The average Bonchev–Trinajstić information content (AvgIpc) is 1.50. The normalized spacial score (nSPS) is 12.2. The smallest absolute Gasteiger partial charge is 0.145 e. The maximum absolute atomic E-state index is 6.64. The van der Waals surface area contributed by atoms with Crippen LogP contribution in [0.25, 0.3) is 182 Å². The number of benzene rings is 23. The third-order valence-electron chi connectivity index (χ3n) is 29.7. The minimum absolute atomic E-state index is 0.397. The largest absolute Gasteiger partial charge is 0.455 e. The predicted octanol–water partition coefficient (Wildman–Crippen LogP) is 37.4. The second-order valence-corrected chi connectivity index (χ2v) is 37.7. The van der Waals surface area contributed by atoms with Crippen molar-refractivity contribution in [3.63, 3.8) is 0 Å². The minimum Gasteiger partial charge on any atom is -0.455 e. The van der Waals surface area contributed by atoms with E-state index in [9.17, 15) is 0 Å². The van der Waals surface area contributed by atoms with E-state index in [1.807, 2.05) is 12.1 Å².